The molecule has 644 valence electrons. The number of aliphatic hydroxyl groups is 1. The summed E-state index contributed by atoms with van der Waals surface area (Å²) in [4.78, 5) is 73.3. The van der Waals surface area contributed by atoms with Gasteiger partial charge in [-0.3, -0.25) is 37.3 Å². The maximum absolute atomic E-state index is 13.2. The van der Waals surface area contributed by atoms with Crippen molar-refractivity contribution in [2.24, 2.45) is 5.92 Å². The fourth-order valence-electron chi connectivity index (χ4n) is 13.6. The Morgan fingerprint density at radius 1 is 0.284 bits per heavy atom. The molecule has 0 heterocycles. The smallest absolute Gasteiger partial charge is 0.462 e. The number of carbonyl (C=O) groups excluding carboxylic acids is 4. The van der Waals surface area contributed by atoms with Gasteiger partial charge in [-0.2, -0.15) is 0 Å². The molecule has 0 radical (unpaired) electrons. The normalized spacial score (nSPS) is 13.8. The van der Waals surface area contributed by atoms with E-state index in [1.54, 1.807) is 0 Å². The van der Waals surface area contributed by atoms with Crippen LogP contribution in [0.2, 0.25) is 0 Å². The highest BCUT2D eigenvalue weighted by Crippen LogP contribution is 2.45. The second-order valence-corrected chi connectivity index (χ2v) is 35.0. The molecule has 0 amide bonds. The number of phosphoric acid groups is 2. The quantitative estimate of drug-likeness (QED) is 0.0169. The number of allylic oxidation sites excluding steroid dienone is 4. The summed E-state index contributed by atoms with van der Waals surface area (Å²) >= 11 is 0. The SMILES string of the molecule is CCCCCC/C=C\C=C/CCCCCCCC(=O)O[C@H](COC(=O)CCCCCCCCCCCC(C)C)COP(=O)(O)OC[C@H](O)COP(=O)(O)OC[C@@H](COC(=O)CCCCCCCCCCCCCCCCCCCCCCC)OC(=O)CCCCCCCCCCCCCCCCCCCCCCC. The Morgan fingerprint density at radius 2 is 0.495 bits per heavy atom. The zero-order valence-electron chi connectivity index (χ0n) is 71.2. The van der Waals surface area contributed by atoms with Crippen LogP contribution in [0.5, 0.6) is 0 Å². The average molecular weight is 1590 g/mol. The van der Waals surface area contributed by atoms with Gasteiger partial charge in [-0.15, -0.1) is 0 Å². The maximum Gasteiger partial charge on any atom is 0.472 e. The Balaban J connectivity index is 5.26. The predicted octanol–water partition coefficient (Wildman–Crippen LogP) is 27.5. The number of rotatable bonds is 88. The van der Waals surface area contributed by atoms with Gasteiger partial charge in [-0.25, -0.2) is 9.13 Å². The summed E-state index contributed by atoms with van der Waals surface area (Å²) in [5.41, 5.74) is 0. The van der Waals surface area contributed by atoms with E-state index in [9.17, 15) is 43.2 Å². The lowest BCUT2D eigenvalue weighted by atomic mass is 10.0. The molecule has 0 aliphatic rings. The summed E-state index contributed by atoms with van der Waals surface area (Å²) < 4.78 is 69.0. The summed E-state index contributed by atoms with van der Waals surface area (Å²) in [6.07, 6.45) is 80.2. The monoisotopic (exact) mass is 1590 g/mol. The molecular formula is C90H172O17P2. The van der Waals surface area contributed by atoms with Crippen LogP contribution < -0.4 is 0 Å². The number of phosphoric ester groups is 2. The van der Waals surface area contributed by atoms with E-state index in [-0.39, 0.29) is 25.7 Å². The fraction of sp³-hybridized carbons (Fsp3) is 0.911. The molecular weight excluding hydrogens is 1410 g/mol. The third-order valence-electron chi connectivity index (χ3n) is 20.7. The lowest BCUT2D eigenvalue weighted by molar-refractivity contribution is -0.161. The molecule has 109 heavy (non-hydrogen) atoms. The van der Waals surface area contributed by atoms with Crippen molar-refractivity contribution in [3.8, 4) is 0 Å². The second kappa shape index (κ2) is 82.1. The van der Waals surface area contributed by atoms with E-state index >= 15 is 0 Å². The van der Waals surface area contributed by atoms with Crippen LogP contribution in [0.25, 0.3) is 0 Å². The van der Waals surface area contributed by atoms with Gasteiger partial charge in [-0.05, 0) is 57.3 Å². The largest absolute Gasteiger partial charge is 0.472 e. The Kier molecular flexibility index (Phi) is 80.2. The molecule has 2 unspecified atom stereocenters. The molecule has 0 aromatic rings. The lowest BCUT2D eigenvalue weighted by Crippen LogP contribution is -2.30. The van der Waals surface area contributed by atoms with Gasteiger partial charge in [0.25, 0.3) is 0 Å². The fourth-order valence-corrected chi connectivity index (χ4v) is 15.2. The number of hydrogen-bond donors (Lipinski definition) is 3. The van der Waals surface area contributed by atoms with E-state index in [1.165, 1.54) is 276 Å². The van der Waals surface area contributed by atoms with E-state index < -0.39 is 97.5 Å². The van der Waals surface area contributed by atoms with E-state index in [0.29, 0.717) is 25.7 Å². The van der Waals surface area contributed by atoms with Gasteiger partial charge in [0.1, 0.15) is 19.3 Å². The second-order valence-electron chi connectivity index (χ2n) is 32.1. The van der Waals surface area contributed by atoms with Gasteiger partial charge in [0.15, 0.2) is 12.2 Å². The predicted molar refractivity (Wildman–Crippen MR) is 451 cm³/mol. The van der Waals surface area contributed by atoms with E-state index in [1.807, 2.05) is 0 Å². The van der Waals surface area contributed by atoms with Gasteiger partial charge in [0, 0.05) is 25.7 Å². The highest BCUT2D eigenvalue weighted by atomic mass is 31.2. The summed E-state index contributed by atoms with van der Waals surface area (Å²) in [6, 6.07) is 0. The zero-order chi connectivity index (χ0) is 79.7. The van der Waals surface area contributed by atoms with Crippen molar-refractivity contribution in [1.82, 2.24) is 0 Å². The van der Waals surface area contributed by atoms with Crippen LogP contribution >= 0.6 is 15.6 Å². The minimum Gasteiger partial charge on any atom is -0.462 e. The number of aliphatic hydroxyl groups excluding tert-OH is 1. The standard InChI is InChI=1S/C90H172O17P2/c1-6-9-12-15-18-21-24-27-30-32-34-36-38-40-43-45-48-53-58-63-68-73-87(92)100-79-85(106-90(95)76-71-66-61-55-50-47-44-41-39-37-35-33-31-28-25-22-19-16-13-10-7-2)81-104-108(96,97)102-77-84(91)78-103-109(98,99)105-82-86(80-101-88(93)74-69-64-59-56-51-52-57-62-67-72-83(4)5)107-89(94)75-70-65-60-54-49-46-42-29-26-23-20-17-14-11-8-3/h23,26,29,42,83-86,91H,6-22,24-25,27-28,30-41,43-82H2,1-5H3,(H,96,97)(H,98,99)/b26-23-,42-29-/t84-,85-,86-/m1/s1. The number of ether oxygens (including phenoxy) is 4. The summed E-state index contributed by atoms with van der Waals surface area (Å²) in [7, 11) is -9.95. The molecule has 0 rings (SSSR count). The first-order chi connectivity index (χ1) is 53.0. The van der Waals surface area contributed by atoms with Crippen LogP contribution in [0.1, 0.15) is 465 Å². The first-order valence-electron chi connectivity index (χ1n) is 46.0. The Morgan fingerprint density at radius 3 is 0.752 bits per heavy atom. The molecule has 5 atom stereocenters. The summed E-state index contributed by atoms with van der Waals surface area (Å²) in [6.45, 7) is 7.29. The molecule has 0 aromatic carbocycles. The number of hydrogen-bond acceptors (Lipinski definition) is 15. The topological polar surface area (TPSA) is 237 Å². The van der Waals surface area contributed by atoms with Crippen LogP contribution in [0.3, 0.4) is 0 Å². The number of esters is 4. The van der Waals surface area contributed by atoms with Gasteiger partial charge in [0.2, 0.25) is 0 Å². The molecule has 0 saturated heterocycles. The van der Waals surface area contributed by atoms with Gasteiger partial charge in [0.05, 0.1) is 26.4 Å². The Hall–Kier alpha value is -2.46. The molecule has 0 aromatic heterocycles. The number of unbranched alkanes of at least 4 members (excludes halogenated alkanes) is 57. The van der Waals surface area contributed by atoms with Crippen molar-refractivity contribution in [3.63, 3.8) is 0 Å². The third kappa shape index (κ3) is 83.3. The Bertz CT molecular complexity index is 2160. The molecule has 19 heteroatoms. The van der Waals surface area contributed by atoms with Crippen molar-refractivity contribution in [2.75, 3.05) is 39.6 Å². The van der Waals surface area contributed by atoms with Crippen LogP contribution in [-0.4, -0.2) is 96.7 Å². The zero-order valence-corrected chi connectivity index (χ0v) is 73.0. The highest BCUT2D eigenvalue weighted by Gasteiger charge is 2.30. The molecule has 3 N–H and O–H groups in total. The molecule has 0 saturated carbocycles. The Labute approximate surface area is 669 Å². The van der Waals surface area contributed by atoms with Gasteiger partial charge < -0.3 is 33.8 Å². The average Bonchev–Trinajstić information content (AvgIpc) is 0.899. The molecule has 0 aliphatic heterocycles. The first kappa shape index (κ1) is 107. The van der Waals surface area contributed by atoms with Gasteiger partial charge >= 0.3 is 39.5 Å². The number of carbonyl (C=O) groups is 4. The first-order valence-corrected chi connectivity index (χ1v) is 48.9. The van der Waals surface area contributed by atoms with Crippen molar-refractivity contribution in [3.05, 3.63) is 24.3 Å². The van der Waals surface area contributed by atoms with Crippen molar-refractivity contribution in [1.29, 1.82) is 0 Å². The van der Waals surface area contributed by atoms with Crippen molar-refractivity contribution < 1.29 is 80.2 Å². The van der Waals surface area contributed by atoms with Gasteiger partial charge in [-0.1, -0.05) is 412 Å². The summed E-state index contributed by atoms with van der Waals surface area (Å²) in [5, 5.41) is 10.7. The lowest BCUT2D eigenvalue weighted by Gasteiger charge is -2.21. The van der Waals surface area contributed by atoms with Crippen LogP contribution in [0.15, 0.2) is 24.3 Å². The molecule has 0 fully saturated rings. The van der Waals surface area contributed by atoms with Crippen molar-refractivity contribution >= 4 is 39.5 Å². The van der Waals surface area contributed by atoms with E-state index in [2.05, 4.69) is 58.9 Å². The maximum atomic E-state index is 13.2. The molecule has 0 bridgehead atoms. The minimum atomic E-state index is -4.97. The van der Waals surface area contributed by atoms with Crippen LogP contribution in [-0.2, 0) is 65.4 Å². The van der Waals surface area contributed by atoms with Crippen molar-refractivity contribution in [2.45, 2.75) is 483 Å². The minimum absolute atomic E-state index is 0.0852. The molecule has 0 aliphatic carbocycles. The van der Waals surface area contributed by atoms with E-state index in [4.69, 9.17) is 37.0 Å². The van der Waals surface area contributed by atoms with E-state index in [0.717, 1.165) is 109 Å². The molecule has 0 spiro atoms. The van der Waals surface area contributed by atoms with Crippen LogP contribution in [0.4, 0.5) is 0 Å². The highest BCUT2D eigenvalue weighted by molar-refractivity contribution is 7.47. The molecule has 17 nitrogen and oxygen atoms in total. The summed E-state index contributed by atoms with van der Waals surface area (Å²) in [5.74, 6) is -1.39. The van der Waals surface area contributed by atoms with Crippen LogP contribution in [0, 0.1) is 5.92 Å². The third-order valence-corrected chi connectivity index (χ3v) is 22.6.